The molecule has 0 saturated carbocycles. The fraction of sp³-hybridized carbons (Fsp3) is 0.250. The van der Waals surface area contributed by atoms with Crippen molar-refractivity contribution < 1.29 is 4.79 Å². The number of carbonyl (C=O) groups excluding carboxylic acids is 1. The van der Waals surface area contributed by atoms with Crippen LogP contribution in [-0.4, -0.2) is 23.0 Å². The van der Waals surface area contributed by atoms with Crippen LogP contribution in [0.25, 0.3) is 0 Å². The highest BCUT2D eigenvalue weighted by atomic mass is 16.2. The van der Waals surface area contributed by atoms with Gasteiger partial charge < -0.3 is 10.2 Å². The van der Waals surface area contributed by atoms with Gasteiger partial charge in [0.15, 0.2) is 0 Å². The third kappa shape index (κ3) is 2.25. The summed E-state index contributed by atoms with van der Waals surface area (Å²) < 4.78 is 0. The van der Waals surface area contributed by atoms with E-state index in [2.05, 4.69) is 24.1 Å². The number of fused-ring (bicyclic) bond motifs is 1. The van der Waals surface area contributed by atoms with Crippen molar-refractivity contribution in [3.63, 3.8) is 0 Å². The lowest BCUT2D eigenvalue weighted by atomic mass is 9.98. The summed E-state index contributed by atoms with van der Waals surface area (Å²) >= 11 is 0. The highest BCUT2D eigenvalue weighted by Crippen LogP contribution is 2.34. The topological polar surface area (TPSA) is 45.2 Å². The van der Waals surface area contributed by atoms with E-state index in [0.717, 1.165) is 11.4 Å². The number of hydrogen-bond donors (Lipinski definition) is 1. The van der Waals surface area contributed by atoms with Crippen molar-refractivity contribution in [2.75, 3.05) is 16.8 Å². The van der Waals surface area contributed by atoms with Gasteiger partial charge in [0, 0.05) is 24.5 Å². The third-order valence-electron chi connectivity index (χ3n) is 3.37. The van der Waals surface area contributed by atoms with E-state index in [4.69, 9.17) is 0 Å². The van der Waals surface area contributed by atoms with Gasteiger partial charge in [0.25, 0.3) is 5.91 Å². The van der Waals surface area contributed by atoms with Crippen LogP contribution >= 0.6 is 0 Å². The van der Waals surface area contributed by atoms with Crippen LogP contribution in [0.5, 0.6) is 0 Å². The SMILES string of the molecule is CC1(C)CN(C(=O)c2cccnc2)c2ccccc2N1. The Bertz CT molecular complexity index is 637. The molecule has 1 aromatic carbocycles. The second-order valence-corrected chi connectivity index (χ2v) is 5.66. The number of hydrogen-bond acceptors (Lipinski definition) is 3. The number of pyridine rings is 1. The molecule has 20 heavy (non-hydrogen) atoms. The molecule has 0 atom stereocenters. The first-order valence-corrected chi connectivity index (χ1v) is 6.66. The maximum absolute atomic E-state index is 12.7. The van der Waals surface area contributed by atoms with Gasteiger partial charge >= 0.3 is 0 Å². The Morgan fingerprint density at radius 3 is 2.80 bits per heavy atom. The Balaban J connectivity index is 2.03. The van der Waals surface area contributed by atoms with Crippen LogP contribution in [0, 0.1) is 0 Å². The van der Waals surface area contributed by atoms with Crippen molar-refractivity contribution in [2.24, 2.45) is 0 Å². The first-order valence-electron chi connectivity index (χ1n) is 6.66. The first kappa shape index (κ1) is 12.7. The molecule has 0 unspecified atom stereocenters. The second-order valence-electron chi connectivity index (χ2n) is 5.66. The molecule has 4 heteroatoms. The van der Waals surface area contributed by atoms with Crippen molar-refractivity contribution in [3.05, 3.63) is 54.4 Å². The Kier molecular flexibility index (Phi) is 2.93. The van der Waals surface area contributed by atoms with E-state index in [1.54, 1.807) is 24.5 Å². The van der Waals surface area contributed by atoms with Crippen LogP contribution in [0.15, 0.2) is 48.8 Å². The molecular formula is C16H17N3O. The van der Waals surface area contributed by atoms with E-state index in [-0.39, 0.29) is 11.4 Å². The van der Waals surface area contributed by atoms with Crippen molar-refractivity contribution >= 4 is 17.3 Å². The summed E-state index contributed by atoms with van der Waals surface area (Å²) in [6.07, 6.45) is 3.28. The van der Waals surface area contributed by atoms with Gasteiger partial charge in [-0.3, -0.25) is 9.78 Å². The molecule has 2 heterocycles. The monoisotopic (exact) mass is 267 g/mol. The van der Waals surface area contributed by atoms with Crippen molar-refractivity contribution in [2.45, 2.75) is 19.4 Å². The quantitative estimate of drug-likeness (QED) is 0.864. The Labute approximate surface area is 118 Å². The maximum Gasteiger partial charge on any atom is 0.259 e. The molecule has 1 aromatic heterocycles. The molecule has 1 amide bonds. The van der Waals surface area contributed by atoms with Crippen LogP contribution in [0.2, 0.25) is 0 Å². The fourth-order valence-electron chi connectivity index (χ4n) is 2.53. The molecule has 102 valence electrons. The minimum atomic E-state index is -0.160. The average molecular weight is 267 g/mol. The summed E-state index contributed by atoms with van der Waals surface area (Å²) in [6.45, 7) is 4.80. The van der Waals surface area contributed by atoms with Gasteiger partial charge in [0.05, 0.1) is 16.9 Å². The van der Waals surface area contributed by atoms with Gasteiger partial charge in [0.2, 0.25) is 0 Å². The molecule has 2 aromatic rings. The van der Waals surface area contributed by atoms with Crippen LogP contribution < -0.4 is 10.2 Å². The van der Waals surface area contributed by atoms with E-state index in [9.17, 15) is 4.79 Å². The van der Waals surface area contributed by atoms with Gasteiger partial charge in [-0.25, -0.2) is 0 Å². The Morgan fingerprint density at radius 1 is 1.25 bits per heavy atom. The molecule has 4 nitrogen and oxygen atoms in total. The lowest BCUT2D eigenvalue weighted by Gasteiger charge is -2.40. The van der Waals surface area contributed by atoms with E-state index < -0.39 is 0 Å². The lowest BCUT2D eigenvalue weighted by Crippen LogP contribution is -2.50. The standard InChI is InChI=1S/C16H17N3O/c1-16(2)11-19(14-8-4-3-7-13(14)18-16)15(20)12-6-5-9-17-10-12/h3-10,18H,11H2,1-2H3. The zero-order valence-corrected chi connectivity index (χ0v) is 11.6. The minimum Gasteiger partial charge on any atom is -0.377 e. The molecule has 1 aliphatic heterocycles. The number of benzene rings is 1. The predicted molar refractivity (Wildman–Crippen MR) is 80.1 cm³/mol. The molecule has 0 radical (unpaired) electrons. The highest BCUT2D eigenvalue weighted by Gasteiger charge is 2.32. The molecule has 3 rings (SSSR count). The minimum absolute atomic E-state index is 0.0138. The van der Waals surface area contributed by atoms with Crippen LogP contribution in [0.3, 0.4) is 0 Å². The number of amides is 1. The lowest BCUT2D eigenvalue weighted by molar-refractivity contribution is 0.0981. The molecule has 0 saturated heterocycles. The van der Waals surface area contributed by atoms with Crippen molar-refractivity contribution in [3.8, 4) is 0 Å². The number of nitrogens with one attached hydrogen (secondary N) is 1. The van der Waals surface area contributed by atoms with Crippen LogP contribution in [-0.2, 0) is 0 Å². The van der Waals surface area contributed by atoms with Crippen LogP contribution in [0.4, 0.5) is 11.4 Å². The van der Waals surface area contributed by atoms with E-state index in [1.165, 1.54) is 0 Å². The molecule has 0 spiro atoms. The number of para-hydroxylation sites is 2. The number of aromatic nitrogens is 1. The van der Waals surface area contributed by atoms with Gasteiger partial charge in [-0.05, 0) is 38.1 Å². The Morgan fingerprint density at radius 2 is 2.05 bits per heavy atom. The van der Waals surface area contributed by atoms with Crippen molar-refractivity contribution in [1.29, 1.82) is 0 Å². The molecule has 1 N–H and O–H groups in total. The predicted octanol–water partition coefficient (Wildman–Crippen LogP) is 2.93. The zero-order chi connectivity index (χ0) is 14.2. The molecular weight excluding hydrogens is 250 g/mol. The Hall–Kier alpha value is -2.36. The zero-order valence-electron chi connectivity index (χ0n) is 11.6. The first-order chi connectivity index (χ1) is 9.57. The number of nitrogens with zero attached hydrogens (tertiary/aromatic N) is 2. The highest BCUT2D eigenvalue weighted by molar-refractivity contribution is 6.08. The largest absolute Gasteiger partial charge is 0.377 e. The summed E-state index contributed by atoms with van der Waals surface area (Å²) in [5.41, 5.74) is 2.35. The van der Waals surface area contributed by atoms with Gasteiger partial charge in [-0.15, -0.1) is 0 Å². The van der Waals surface area contributed by atoms with Gasteiger partial charge in [0.1, 0.15) is 0 Å². The summed E-state index contributed by atoms with van der Waals surface area (Å²) in [5, 5.41) is 3.46. The van der Waals surface area contributed by atoms with Crippen LogP contribution in [0.1, 0.15) is 24.2 Å². The summed E-state index contributed by atoms with van der Waals surface area (Å²) in [6, 6.07) is 11.5. The molecule has 0 bridgehead atoms. The van der Waals surface area contributed by atoms with Gasteiger partial charge in [-0.2, -0.15) is 0 Å². The second kappa shape index (κ2) is 4.63. The summed E-state index contributed by atoms with van der Waals surface area (Å²) in [5.74, 6) is -0.0138. The molecule has 0 aliphatic carbocycles. The van der Waals surface area contributed by atoms with E-state index >= 15 is 0 Å². The van der Waals surface area contributed by atoms with E-state index in [1.807, 2.05) is 29.2 Å². The summed E-state index contributed by atoms with van der Waals surface area (Å²) in [7, 11) is 0. The summed E-state index contributed by atoms with van der Waals surface area (Å²) in [4.78, 5) is 18.6. The number of carbonyl (C=O) groups is 1. The molecule has 1 aliphatic rings. The number of rotatable bonds is 1. The normalized spacial score (nSPS) is 16.2. The maximum atomic E-state index is 12.7. The third-order valence-corrected chi connectivity index (χ3v) is 3.37. The smallest absolute Gasteiger partial charge is 0.259 e. The van der Waals surface area contributed by atoms with E-state index in [0.29, 0.717) is 12.1 Å². The fourth-order valence-corrected chi connectivity index (χ4v) is 2.53. The number of anilines is 2. The average Bonchev–Trinajstić information content (AvgIpc) is 2.45. The van der Waals surface area contributed by atoms with Crippen molar-refractivity contribution in [1.82, 2.24) is 4.98 Å². The van der Waals surface area contributed by atoms with Gasteiger partial charge in [-0.1, -0.05) is 12.1 Å². The molecule has 0 fully saturated rings.